The van der Waals surface area contributed by atoms with Crippen molar-refractivity contribution >= 4 is 15.8 Å². The number of hydrogen-bond donors (Lipinski definition) is 1. The number of esters is 1. The first-order chi connectivity index (χ1) is 9.84. The van der Waals surface area contributed by atoms with E-state index in [0.717, 1.165) is 12.8 Å². The second-order valence-corrected chi connectivity index (χ2v) is 8.42. The van der Waals surface area contributed by atoms with Gasteiger partial charge in [-0.2, -0.15) is 0 Å². The Balaban J connectivity index is 2.10. The molecule has 2 rings (SSSR count). The molecule has 1 saturated heterocycles. The number of ether oxygens (including phenoxy) is 1. The minimum atomic E-state index is -2.92. The number of rotatable bonds is 7. The Hall–Kier alpha value is -0.660. The summed E-state index contributed by atoms with van der Waals surface area (Å²) in [5.41, 5.74) is -0.711. The first-order valence-electron chi connectivity index (χ1n) is 7.61. The van der Waals surface area contributed by atoms with E-state index in [9.17, 15) is 13.2 Å². The van der Waals surface area contributed by atoms with Crippen LogP contribution >= 0.6 is 0 Å². The molecule has 0 radical (unpaired) electrons. The molecule has 0 bridgehead atoms. The Morgan fingerprint density at radius 1 is 1.38 bits per heavy atom. The first-order valence-corrected chi connectivity index (χ1v) is 9.43. The van der Waals surface area contributed by atoms with Crippen molar-refractivity contribution in [2.45, 2.75) is 37.8 Å². The van der Waals surface area contributed by atoms with Gasteiger partial charge in [0.2, 0.25) is 0 Å². The summed E-state index contributed by atoms with van der Waals surface area (Å²) in [6, 6.07) is -0.00379. The molecule has 6 nitrogen and oxygen atoms in total. The molecule has 1 N–H and O–H groups in total. The molecule has 122 valence electrons. The monoisotopic (exact) mass is 318 g/mol. The van der Waals surface area contributed by atoms with Crippen LogP contribution < -0.4 is 5.32 Å². The quantitative estimate of drug-likeness (QED) is 0.668. The highest BCUT2D eigenvalue weighted by Crippen LogP contribution is 2.41. The molecule has 1 aliphatic carbocycles. The van der Waals surface area contributed by atoms with Gasteiger partial charge >= 0.3 is 5.97 Å². The third-order valence-electron chi connectivity index (χ3n) is 4.69. The molecular formula is C14H26N2O4S. The van der Waals surface area contributed by atoms with Crippen LogP contribution in [0.5, 0.6) is 0 Å². The average Bonchev–Trinajstić information content (AvgIpc) is 3.20. The van der Waals surface area contributed by atoms with Gasteiger partial charge in [-0.1, -0.05) is 0 Å². The summed E-state index contributed by atoms with van der Waals surface area (Å²) < 4.78 is 28.5. The molecule has 2 fully saturated rings. The van der Waals surface area contributed by atoms with Crippen LogP contribution in [-0.2, 0) is 19.4 Å². The van der Waals surface area contributed by atoms with Crippen molar-refractivity contribution in [3.05, 3.63) is 0 Å². The SMILES string of the molecule is CCOC(=O)C(CN(C)C1CCS(=O)(=O)C1)(NC)C1CC1. The van der Waals surface area contributed by atoms with Crippen molar-refractivity contribution in [1.29, 1.82) is 0 Å². The van der Waals surface area contributed by atoms with E-state index in [2.05, 4.69) is 5.32 Å². The van der Waals surface area contributed by atoms with E-state index in [-0.39, 0.29) is 29.4 Å². The molecule has 0 aromatic heterocycles. The van der Waals surface area contributed by atoms with Crippen LogP contribution in [0.25, 0.3) is 0 Å². The van der Waals surface area contributed by atoms with Crippen molar-refractivity contribution in [2.75, 3.05) is 38.8 Å². The zero-order valence-corrected chi connectivity index (χ0v) is 13.9. The Labute approximate surface area is 127 Å². The van der Waals surface area contributed by atoms with E-state index < -0.39 is 15.4 Å². The van der Waals surface area contributed by atoms with Crippen LogP contribution in [0.15, 0.2) is 0 Å². The van der Waals surface area contributed by atoms with Crippen LogP contribution in [0, 0.1) is 5.92 Å². The second-order valence-electron chi connectivity index (χ2n) is 6.19. The van der Waals surface area contributed by atoms with Gasteiger partial charge in [-0.05, 0) is 46.2 Å². The van der Waals surface area contributed by atoms with Gasteiger partial charge < -0.3 is 10.1 Å². The third kappa shape index (κ3) is 3.57. The number of likely N-dealkylation sites (N-methyl/N-ethyl adjacent to an activating group) is 2. The lowest BCUT2D eigenvalue weighted by Crippen LogP contribution is -2.61. The van der Waals surface area contributed by atoms with E-state index in [0.29, 0.717) is 19.6 Å². The Morgan fingerprint density at radius 2 is 2.05 bits per heavy atom. The van der Waals surface area contributed by atoms with Crippen molar-refractivity contribution < 1.29 is 17.9 Å². The van der Waals surface area contributed by atoms with Gasteiger partial charge in [0, 0.05) is 12.6 Å². The van der Waals surface area contributed by atoms with E-state index in [1.807, 2.05) is 11.9 Å². The van der Waals surface area contributed by atoms with Crippen LogP contribution in [0.1, 0.15) is 26.2 Å². The van der Waals surface area contributed by atoms with Gasteiger partial charge in [-0.3, -0.25) is 4.90 Å². The van der Waals surface area contributed by atoms with Crippen LogP contribution in [0.2, 0.25) is 0 Å². The topological polar surface area (TPSA) is 75.7 Å². The minimum absolute atomic E-state index is 0.00379. The zero-order chi connectivity index (χ0) is 15.7. The van der Waals surface area contributed by atoms with Gasteiger partial charge in [0.25, 0.3) is 0 Å². The number of carbonyl (C=O) groups excluding carboxylic acids is 1. The lowest BCUT2D eigenvalue weighted by molar-refractivity contribution is -0.153. The Morgan fingerprint density at radius 3 is 2.48 bits per heavy atom. The van der Waals surface area contributed by atoms with Crippen molar-refractivity contribution in [1.82, 2.24) is 10.2 Å². The molecule has 2 unspecified atom stereocenters. The summed E-state index contributed by atoms with van der Waals surface area (Å²) in [7, 11) is 0.772. The van der Waals surface area contributed by atoms with Gasteiger partial charge in [-0.25, -0.2) is 13.2 Å². The maximum atomic E-state index is 12.4. The van der Waals surface area contributed by atoms with E-state index in [1.54, 1.807) is 14.0 Å². The van der Waals surface area contributed by atoms with Crippen LogP contribution in [-0.4, -0.2) is 69.6 Å². The highest BCUT2D eigenvalue weighted by Gasteiger charge is 2.52. The van der Waals surface area contributed by atoms with E-state index in [1.165, 1.54) is 0 Å². The highest BCUT2D eigenvalue weighted by molar-refractivity contribution is 7.91. The van der Waals surface area contributed by atoms with Crippen molar-refractivity contribution in [3.63, 3.8) is 0 Å². The Bertz CT molecular complexity index is 489. The summed E-state index contributed by atoms with van der Waals surface area (Å²) in [5, 5.41) is 3.17. The van der Waals surface area contributed by atoms with E-state index >= 15 is 0 Å². The maximum absolute atomic E-state index is 12.4. The van der Waals surface area contributed by atoms with Gasteiger partial charge in [0.1, 0.15) is 5.54 Å². The predicted octanol–water partition coefficient (Wildman–Crippen LogP) is 0.0366. The number of carbonyl (C=O) groups is 1. The average molecular weight is 318 g/mol. The normalized spacial score (nSPS) is 27.5. The van der Waals surface area contributed by atoms with Gasteiger partial charge in [0.05, 0.1) is 18.1 Å². The van der Waals surface area contributed by atoms with Gasteiger partial charge in [-0.15, -0.1) is 0 Å². The van der Waals surface area contributed by atoms with Crippen molar-refractivity contribution in [2.24, 2.45) is 5.92 Å². The summed E-state index contributed by atoms with van der Waals surface area (Å²) >= 11 is 0. The van der Waals surface area contributed by atoms with Crippen LogP contribution in [0.3, 0.4) is 0 Å². The molecule has 21 heavy (non-hydrogen) atoms. The number of hydrogen-bond acceptors (Lipinski definition) is 6. The summed E-state index contributed by atoms with van der Waals surface area (Å²) in [5.74, 6) is 0.499. The lowest BCUT2D eigenvalue weighted by atomic mass is 9.92. The molecule has 1 saturated carbocycles. The molecule has 7 heteroatoms. The molecule has 2 atom stereocenters. The predicted molar refractivity (Wildman–Crippen MR) is 80.8 cm³/mol. The molecule has 1 heterocycles. The Kier molecular flexibility index (Phi) is 4.95. The minimum Gasteiger partial charge on any atom is -0.465 e. The maximum Gasteiger partial charge on any atom is 0.327 e. The third-order valence-corrected chi connectivity index (χ3v) is 6.44. The van der Waals surface area contributed by atoms with Crippen LogP contribution in [0.4, 0.5) is 0 Å². The second kappa shape index (κ2) is 6.22. The first kappa shape index (κ1) is 16.7. The highest BCUT2D eigenvalue weighted by atomic mass is 32.2. The molecule has 0 amide bonds. The number of sulfone groups is 1. The smallest absolute Gasteiger partial charge is 0.327 e. The summed E-state index contributed by atoms with van der Waals surface area (Å²) in [6.45, 7) is 2.65. The zero-order valence-electron chi connectivity index (χ0n) is 13.1. The fraction of sp³-hybridized carbons (Fsp3) is 0.929. The molecule has 0 spiro atoms. The summed E-state index contributed by atoms with van der Waals surface area (Å²) in [6.07, 6.45) is 2.67. The molecule has 1 aliphatic heterocycles. The standard InChI is InChI=1S/C14H26N2O4S/c1-4-20-13(17)14(15-2,11-5-6-11)10-16(3)12-7-8-21(18,19)9-12/h11-12,15H,4-10H2,1-3H3. The fourth-order valence-corrected chi connectivity index (χ4v) is 5.03. The van der Waals surface area contributed by atoms with Gasteiger partial charge in [0.15, 0.2) is 9.84 Å². The summed E-state index contributed by atoms with van der Waals surface area (Å²) in [4.78, 5) is 14.4. The molecule has 0 aromatic rings. The van der Waals surface area contributed by atoms with E-state index in [4.69, 9.17) is 4.74 Å². The molecular weight excluding hydrogens is 292 g/mol. The largest absolute Gasteiger partial charge is 0.465 e. The van der Waals surface area contributed by atoms with Crippen molar-refractivity contribution in [3.8, 4) is 0 Å². The molecule has 2 aliphatic rings. The fourth-order valence-electron chi connectivity index (χ4n) is 3.23. The number of nitrogens with zero attached hydrogens (tertiary/aromatic N) is 1. The molecule has 0 aromatic carbocycles. The number of nitrogens with one attached hydrogen (secondary N) is 1. The lowest BCUT2D eigenvalue weighted by Gasteiger charge is -2.37.